The van der Waals surface area contributed by atoms with Crippen LogP contribution in [0, 0.1) is 6.92 Å². The first-order chi connectivity index (χ1) is 14.0. The molecule has 3 N–H and O–H groups in total. The Kier molecular flexibility index (Phi) is 5.87. The van der Waals surface area contributed by atoms with Gasteiger partial charge in [0.25, 0.3) is 5.91 Å². The smallest absolute Gasteiger partial charge is 0.394 e. The highest BCUT2D eigenvalue weighted by atomic mass is 19.4. The number of nitrogens with zero attached hydrogens (tertiary/aromatic N) is 3. The van der Waals surface area contributed by atoms with Gasteiger partial charge in [-0.2, -0.15) is 18.2 Å². The van der Waals surface area contributed by atoms with Gasteiger partial charge in [-0.1, -0.05) is 0 Å². The molecule has 3 rings (SSSR count). The molecule has 0 saturated carbocycles. The van der Waals surface area contributed by atoms with Crippen molar-refractivity contribution in [3.63, 3.8) is 0 Å². The van der Waals surface area contributed by atoms with Gasteiger partial charge in [-0.3, -0.25) is 9.36 Å². The van der Waals surface area contributed by atoms with Crippen LogP contribution in [0.2, 0.25) is 0 Å². The van der Waals surface area contributed by atoms with Crippen LogP contribution in [0.3, 0.4) is 0 Å². The summed E-state index contributed by atoms with van der Waals surface area (Å²) in [5.74, 6) is -1.09. The van der Waals surface area contributed by atoms with Gasteiger partial charge in [0.15, 0.2) is 12.4 Å². The van der Waals surface area contributed by atoms with Crippen LogP contribution in [0.1, 0.15) is 28.0 Å². The highest BCUT2D eigenvalue weighted by molar-refractivity contribution is 6.04. The molecule has 4 atom stereocenters. The molecule has 1 fully saturated rings. The summed E-state index contributed by atoms with van der Waals surface area (Å²) in [7, 11) is 0. The number of carbonyl (C=O) groups excluding carboxylic acids is 1. The van der Waals surface area contributed by atoms with E-state index in [-0.39, 0.29) is 17.1 Å². The second kappa shape index (κ2) is 8.08. The Morgan fingerprint density at radius 3 is 2.53 bits per heavy atom. The van der Waals surface area contributed by atoms with E-state index in [0.29, 0.717) is 6.07 Å². The number of halogens is 4. The number of hydrogen-bond acceptors (Lipinski definition) is 7. The standard InChI is InChI=1S/C17H16F4N4O5/c1-7-8(2-3-10(22-7)17(19,20)21)14(28)23-11-4-5-25(16(29)24-11)15-12(18)13(27)9(6-26)30-15/h2-5,9,12-13,15,26-27H,6H2,1H3,(H,23,24,28,29)/t9-,12-,13-,15+/m1/s1. The van der Waals surface area contributed by atoms with Crippen LogP contribution in [0.4, 0.5) is 23.4 Å². The van der Waals surface area contributed by atoms with Crippen LogP contribution in [-0.4, -0.2) is 55.6 Å². The van der Waals surface area contributed by atoms with Crippen molar-refractivity contribution in [3.05, 3.63) is 51.8 Å². The zero-order chi connectivity index (χ0) is 22.2. The zero-order valence-electron chi connectivity index (χ0n) is 15.3. The van der Waals surface area contributed by atoms with Crippen LogP contribution in [-0.2, 0) is 10.9 Å². The highest BCUT2D eigenvalue weighted by Gasteiger charge is 2.45. The molecule has 1 aliphatic heterocycles. The number of alkyl halides is 4. The van der Waals surface area contributed by atoms with Crippen molar-refractivity contribution in [3.8, 4) is 0 Å². The van der Waals surface area contributed by atoms with E-state index in [1.54, 1.807) is 0 Å². The topological polar surface area (TPSA) is 127 Å². The normalized spacial score (nSPS) is 24.1. The Morgan fingerprint density at radius 1 is 1.30 bits per heavy atom. The van der Waals surface area contributed by atoms with Gasteiger partial charge in [0.05, 0.1) is 17.9 Å². The van der Waals surface area contributed by atoms with Crippen LogP contribution < -0.4 is 11.0 Å². The summed E-state index contributed by atoms with van der Waals surface area (Å²) < 4.78 is 58.0. The number of aryl methyl sites for hydroxylation is 1. The molecule has 1 saturated heterocycles. The third-order valence-corrected chi connectivity index (χ3v) is 4.44. The molecular formula is C17H16F4N4O5. The second-order valence-corrected chi connectivity index (χ2v) is 6.47. The monoisotopic (exact) mass is 432 g/mol. The molecule has 0 unspecified atom stereocenters. The maximum Gasteiger partial charge on any atom is 0.433 e. The minimum atomic E-state index is -4.66. The molecule has 0 aromatic carbocycles. The van der Waals surface area contributed by atoms with E-state index in [1.165, 1.54) is 6.92 Å². The van der Waals surface area contributed by atoms with Crippen LogP contribution in [0.5, 0.6) is 0 Å². The average Bonchev–Trinajstić information content (AvgIpc) is 2.95. The maximum absolute atomic E-state index is 14.1. The van der Waals surface area contributed by atoms with Crippen molar-refractivity contribution in [2.75, 3.05) is 11.9 Å². The molecule has 0 radical (unpaired) electrons. The van der Waals surface area contributed by atoms with Crippen molar-refractivity contribution < 1.29 is 37.3 Å². The summed E-state index contributed by atoms with van der Waals surface area (Å²) in [5, 5.41) is 20.9. The second-order valence-electron chi connectivity index (χ2n) is 6.47. The number of nitrogens with one attached hydrogen (secondary N) is 1. The van der Waals surface area contributed by atoms with Gasteiger partial charge in [0.2, 0.25) is 0 Å². The lowest BCUT2D eigenvalue weighted by Crippen LogP contribution is -2.33. The van der Waals surface area contributed by atoms with Crippen molar-refractivity contribution >= 4 is 11.7 Å². The van der Waals surface area contributed by atoms with Crippen molar-refractivity contribution in [1.29, 1.82) is 0 Å². The fourth-order valence-corrected chi connectivity index (χ4v) is 2.90. The molecule has 9 nitrogen and oxygen atoms in total. The van der Waals surface area contributed by atoms with Gasteiger partial charge in [-0.25, -0.2) is 14.2 Å². The summed E-state index contributed by atoms with van der Waals surface area (Å²) >= 11 is 0. The average molecular weight is 432 g/mol. The Labute approximate surface area is 166 Å². The molecule has 0 bridgehead atoms. The number of rotatable bonds is 4. The number of anilines is 1. The fourth-order valence-electron chi connectivity index (χ4n) is 2.90. The maximum atomic E-state index is 14.1. The predicted molar refractivity (Wildman–Crippen MR) is 92.3 cm³/mol. The molecule has 2 aromatic heterocycles. The molecule has 0 aliphatic carbocycles. The lowest BCUT2D eigenvalue weighted by Gasteiger charge is -2.16. The molecule has 3 heterocycles. The summed E-state index contributed by atoms with van der Waals surface area (Å²) in [5.41, 5.74) is -2.52. The first-order valence-corrected chi connectivity index (χ1v) is 8.56. The summed E-state index contributed by atoms with van der Waals surface area (Å²) in [6.45, 7) is 0.562. The van der Waals surface area contributed by atoms with Gasteiger partial charge in [-0.15, -0.1) is 0 Å². The zero-order valence-corrected chi connectivity index (χ0v) is 15.3. The minimum absolute atomic E-state index is 0.161. The lowest BCUT2D eigenvalue weighted by molar-refractivity contribution is -0.141. The first-order valence-electron chi connectivity index (χ1n) is 8.56. The first kappa shape index (κ1) is 21.8. The van der Waals surface area contributed by atoms with E-state index in [9.17, 15) is 32.3 Å². The molecule has 0 spiro atoms. The Morgan fingerprint density at radius 2 is 2.00 bits per heavy atom. The van der Waals surface area contributed by atoms with E-state index in [0.717, 1.165) is 22.9 Å². The van der Waals surface area contributed by atoms with E-state index < -0.39 is 54.7 Å². The largest absolute Gasteiger partial charge is 0.433 e. The minimum Gasteiger partial charge on any atom is -0.394 e. The predicted octanol–water partition coefficient (Wildman–Crippen LogP) is 0.807. The van der Waals surface area contributed by atoms with E-state index in [4.69, 9.17) is 9.84 Å². The summed E-state index contributed by atoms with van der Waals surface area (Å²) in [4.78, 5) is 31.4. The van der Waals surface area contributed by atoms with Gasteiger partial charge in [0.1, 0.15) is 23.7 Å². The molecule has 1 aliphatic rings. The van der Waals surface area contributed by atoms with Crippen LogP contribution in [0.25, 0.3) is 0 Å². The number of ether oxygens (including phenoxy) is 1. The molecule has 2 aromatic rings. The van der Waals surface area contributed by atoms with Crippen LogP contribution >= 0.6 is 0 Å². The lowest BCUT2D eigenvalue weighted by atomic mass is 10.1. The van der Waals surface area contributed by atoms with Gasteiger partial charge < -0.3 is 20.3 Å². The van der Waals surface area contributed by atoms with E-state index in [1.807, 2.05) is 0 Å². The number of aromatic nitrogens is 3. The van der Waals surface area contributed by atoms with Crippen molar-refractivity contribution in [2.45, 2.75) is 37.7 Å². The Bertz CT molecular complexity index is 1010. The van der Waals surface area contributed by atoms with Gasteiger partial charge in [-0.05, 0) is 25.1 Å². The third kappa shape index (κ3) is 4.17. The third-order valence-electron chi connectivity index (χ3n) is 4.44. The van der Waals surface area contributed by atoms with Crippen molar-refractivity contribution in [1.82, 2.24) is 14.5 Å². The van der Waals surface area contributed by atoms with Gasteiger partial charge >= 0.3 is 11.9 Å². The number of hydrogen-bond donors (Lipinski definition) is 3. The fraction of sp³-hybridized carbons (Fsp3) is 0.412. The Balaban J connectivity index is 1.78. The van der Waals surface area contributed by atoms with E-state index in [2.05, 4.69) is 15.3 Å². The quantitative estimate of drug-likeness (QED) is 0.611. The number of aliphatic hydroxyl groups is 2. The molecule has 1 amide bonds. The highest BCUT2D eigenvalue weighted by Crippen LogP contribution is 2.31. The molecule has 30 heavy (non-hydrogen) atoms. The Hall–Kier alpha value is -2.90. The SMILES string of the molecule is Cc1nc(C(F)(F)F)ccc1C(=O)Nc1ccn([C@H]2O[C@H](CO)[C@@H](O)[C@H]2F)c(=O)n1. The number of pyridine rings is 1. The van der Waals surface area contributed by atoms with Crippen molar-refractivity contribution in [2.24, 2.45) is 0 Å². The molecule has 13 heteroatoms. The summed E-state index contributed by atoms with van der Waals surface area (Å²) in [6, 6.07) is 2.73. The number of aliphatic hydroxyl groups excluding tert-OH is 2. The number of amides is 1. The molecule has 162 valence electrons. The van der Waals surface area contributed by atoms with Gasteiger partial charge in [0, 0.05) is 6.20 Å². The number of carbonyl (C=O) groups is 1. The van der Waals surface area contributed by atoms with Crippen LogP contribution in [0.15, 0.2) is 29.2 Å². The summed E-state index contributed by atoms with van der Waals surface area (Å²) in [6.07, 6.45) is -9.98. The molecular weight excluding hydrogens is 416 g/mol. The van der Waals surface area contributed by atoms with E-state index >= 15 is 0 Å².